The van der Waals surface area contributed by atoms with Gasteiger partial charge in [-0.1, -0.05) is 0 Å². The van der Waals surface area contributed by atoms with Crippen molar-refractivity contribution in [1.82, 2.24) is 9.55 Å². The standard InChI is InChI=1S/C14H17N3O3/c1-19-14(18)12-4-3-11(15)9-13(12)20-8-2-6-17-7-5-16-10-17/h3-5,7,9-10H,2,6,8,15H2,1H3. The number of hydrogen-bond acceptors (Lipinski definition) is 5. The van der Waals surface area contributed by atoms with Crippen molar-refractivity contribution in [1.29, 1.82) is 0 Å². The van der Waals surface area contributed by atoms with Crippen LogP contribution in [0, 0.1) is 0 Å². The smallest absolute Gasteiger partial charge is 0.341 e. The van der Waals surface area contributed by atoms with Crippen LogP contribution in [0.2, 0.25) is 0 Å². The predicted molar refractivity (Wildman–Crippen MR) is 74.5 cm³/mol. The first kappa shape index (κ1) is 13.9. The first-order valence-corrected chi connectivity index (χ1v) is 6.27. The average Bonchev–Trinajstić information content (AvgIpc) is 2.96. The van der Waals surface area contributed by atoms with Gasteiger partial charge in [0, 0.05) is 30.7 Å². The van der Waals surface area contributed by atoms with Crippen LogP contribution >= 0.6 is 0 Å². The number of methoxy groups -OCH3 is 1. The minimum Gasteiger partial charge on any atom is -0.493 e. The van der Waals surface area contributed by atoms with Crippen molar-refractivity contribution < 1.29 is 14.3 Å². The van der Waals surface area contributed by atoms with Gasteiger partial charge in [0.1, 0.15) is 11.3 Å². The molecule has 0 spiro atoms. The Labute approximate surface area is 117 Å². The summed E-state index contributed by atoms with van der Waals surface area (Å²) in [5, 5.41) is 0. The predicted octanol–water partition coefficient (Wildman–Crippen LogP) is 1.72. The molecule has 0 fully saturated rings. The lowest BCUT2D eigenvalue weighted by Gasteiger charge is -2.11. The highest BCUT2D eigenvalue weighted by molar-refractivity contribution is 5.93. The van der Waals surface area contributed by atoms with Crippen LogP contribution < -0.4 is 10.5 Å². The number of nitrogens with two attached hydrogens (primary N) is 1. The summed E-state index contributed by atoms with van der Waals surface area (Å²) < 4.78 is 12.3. The van der Waals surface area contributed by atoms with Crippen LogP contribution in [-0.2, 0) is 11.3 Å². The zero-order valence-electron chi connectivity index (χ0n) is 11.3. The lowest BCUT2D eigenvalue weighted by Crippen LogP contribution is -2.08. The number of ether oxygens (including phenoxy) is 2. The van der Waals surface area contributed by atoms with E-state index in [1.165, 1.54) is 7.11 Å². The van der Waals surface area contributed by atoms with Gasteiger partial charge in [0.05, 0.1) is 20.0 Å². The van der Waals surface area contributed by atoms with E-state index in [1.54, 1.807) is 30.7 Å². The van der Waals surface area contributed by atoms with Crippen LogP contribution in [0.25, 0.3) is 0 Å². The summed E-state index contributed by atoms with van der Waals surface area (Å²) >= 11 is 0. The Morgan fingerprint density at radius 3 is 3.00 bits per heavy atom. The number of aryl methyl sites for hydroxylation is 1. The van der Waals surface area contributed by atoms with E-state index >= 15 is 0 Å². The Hall–Kier alpha value is -2.50. The normalized spacial score (nSPS) is 10.2. The van der Waals surface area contributed by atoms with E-state index in [4.69, 9.17) is 15.2 Å². The molecule has 0 saturated carbocycles. The number of esters is 1. The van der Waals surface area contributed by atoms with E-state index in [9.17, 15) is 4.79 Å². The molecule has 0 bridgehead atoms. The molecule has 1 heterocycles. The van der Waals surface area contributed by atoms with E-state index in [2.05, 4.69) is 4.98 Å². The summed E-state index contributed by atoms with van der Waals surface area (Å²) in [4.78, 5) is 15.6. The highest BCUT2D eigenvalue weighted by Gasteiger charge is 2.13. The van der Waals surface area contributed by atoms with E-state index < -0.39 is 5.97 Å². The van der Waals surface area contributed by atoms with Crippen molar-refractivity contribution in [2.75, 3.05) is 19.5 Å². The Morgan fingerprint density at radius 1 is 1.45 bits per heavy atom. The van der Waals surface area contributed by atoms with Crippen LogP contribution in [0.1, 0.15) is 16.8 Å². The van der Waals surface area contributed by atoms with Crippen LogP contribution in [0.5, 0.6) is 5.75 Å². The molecule has 1 aromatic carbocycles. The third kappa shape index (κ3) is 3.50. The number of aromatic nitrogens is 2. The van der Waals surface area contributed by atoms with Gasteiger partial charge in [0.2, 0.25) is 0 Å². The Balaban J connectivity index is 1.94. The van der Waals surface area contributed by atoms with Crippen molar-refractivity contribution in [3.63, 3.8) is 0 Å². The molecule has 6 heteroatoms. The topological polar surface area (TPSA) is 79.4 Å². The maximum absolute atomic E-state index is 11.6. The zero-order chi connectivity index (χ0) is 14.4. The molecule has 0 amide bonds. The molecular formula is C14H17N3O3. The van der Waals surface area contributed by atoms with E-state index in [0.717, 1.165) is 13.0 Å². The summed E-state index contributed by atoms with van der Waals surface area (Å²) in [5.74, 6) is 0.0112. The first-order chi connectivity index (χ1) is 9.70. The van der Waals surface area contributed by atoms with Crippen molar-refractivity contribution in [2.24, 2.45) is 0 Å². The van der Waals surface area contributed by atoms with Gasteiger partial charge >= 0.3 is 5.97 Å². The number of rotatable bonds is 6. The van der Waals surface area contributed by atoms with Gasteiger partial charge in [0.15, 0.2) is 0 Å². The molecule has 0 aliphatic heterocycles. The summed E-state index contributed by atoms with van der Waals surface area (Å²) in [7, 11) is 1.33. The maximum atomic E-state index is 11.6. The van der Waals surface area contributed by atoms with Crippen molar-refractivity contribution in [3.05, 3.63) is 42.5 Å². The number of imidazole rings is 1. The molecule has 2 rings (SSSR count). The van der Waals surface area contributed by atoms with E-state index in [1.807, 2.05) is 10.8 Å². The van der Waals surface area contributed by atoms with Gasteiger partial charge in [-0.05, 0) is 18.6 Å². The Bertz CT molecular complexity index is 567. The van der Waals surface area contributed by atoms with Crippen LogP contribution in [0.15, 0.2) is 36.9 Å². The Kier molecular flexibility index (Phi) is 4.60. The van der Waals surface area contributed by atoms with Crippen LogP contribution in [-0.4, -0.2) is 29.2 Å². The number of benzene rings is 1. The minimum atomic E-state index is -0.436. The largest absolute Gasteiger partial charge is 0.493 e. The molecule has 2 N–H and O–H groups in total. The second-order valence-corrected chi connectivity index (χ2v) is 4.25. The van der Waals surface area contributed by atoms with Crippen LogP contribution in [0.4, 0.5) is 5.69 Å². The van der Waals surface area contributed by atoms with Gasteiger partial charge in [0.25, 0.3) is 0 Å². The van der Waals surface area contributed by atoms with Crippen molar-refractivity contribution >= 4 is 11.7 Å². The molecule has 0 saturated heterocycles. The van der Waals surface area contributed by atoms with Crippen molar-refractivity contribution in [3.8, 4) is 5.75 Å². The minimum absolute atomic E-state index is 0.379. The molecule has 20 heavy (non-hydrogen) atoms. The molecule has 0 radical (unpaired) electrons. The van der Waals surface area contributed by atoms with E-state index in [-0.39, 0.29) is 0 Å². The monoisotopic (exact) mass is 275 g/mol. The fourth-order valence-corrected chi connectivity index (χ4v) is 1.79. The van der Waals surface area contributed by atoms with Gasteiger partial charge in [-0.3, -0.25) is 0 Å². The van der Waals surface area contributed by atoms with E-state index in [0.29, 0.717) is 23.6 Å². The third-order valence-corrected chi connectivity index (χ3v) is 2.79. The lowest BCUT2D eigenvalue weighted by atomic mass is 10.2. The summed E-state index contributed by atoms with van der Waals surface area (Å²) in [5.41, 5.74) is 6.63. The number of anilines is 1. The molecular weight excluding hydrogens is 258 g/mol. The molecule has 0 aliphatic carbocycles. The highest BCUT2D eigenvalue weighted by Crippen LogP contribution is 2.22. The van der Waals surface area contributed by atoms with Gasteiger partial charge in [-0.25, -0.2) is 9.78 Å². The first-order valence-electron chi connectivity index (χ1n) is 6.27. The Morgan fingerprint density at radius 2 is 2.30 bits per heavy atom. The third-order valence-electron chi connectivity index (χ3n) is 2.79. The molecule has 0 unspecified atom stereocenters. The number of nitrogen functional groups attached to an aromatic ring is 1. The summed E-state index contributed by atoms with van der Waals surface area (Å²) in [6.45, 7) is 1.28. The SMILES string of the molecule is COC(=O)c1ccc(N)cc1OCCCn1ccnc1. The molecule has 2 aromatic rings. The van der Waals surface area contributed by atoms with Crippen molar-refractivity contribution in [2.45, 2.75) is 13.0 Å². The second kappa shape index (κ2) is 6.60. The summed E-state index contributed by atoms with van der Waals surface area (Å²) in [6.07, 6.45) is 6.17. The number of nitrogens with zero attached hydrogens (tertiary/aromatic N) is 2. The number of hydrogen-bond donors (Lipinski definition) is 1. The quantitative estimate of drug-likeness (QED) is 0.493. The fraction of sp³-hybridized carbons (Fsp3) is 0.286. The number of carbonyl (C=O) groups is 1. The summed E-state index contributed by atoms with van der Waals surface area (Å²) in [6, 6.07) is 4.88. The maximum Gasteiger partial charge on any atom is 0.341 e. The second-order valence-electron chi connectivity index (χ2n) is 4.25. The molecule has 6 nitrogen and oxygen atoms in total. The molecule has 106 valence electrons. The van der Waals surface area contributed by atoms with Crippen LogP contribution in [0.3, 0.4) is 0 Å². The average molecular weight is 275 g/mol. The number of carbonyl (C=O) groups excluding carboxylic acids is 1. The highest BCUT2D eigenvalue weighted by atomic mass is 16.5. The molecule has 0 atom stereocenters. The zero-order valence-corrected chi connectivity index (χ0v) is 11.3. The van der Waals surface area contributed by atoms with Gasteiger partial charge < -0.3 is 19.8 Å². The van der Waals surface area contributed by atoms with Gasteiger partial charge in [-0.15, -0.1) is 0 Å². The fourth-order valence-electron chi connectivity index (χ4n) is 1.79. The van der Waals surface area contributed by atoms with Gasteiger partial charge in [-0.2, -0.15) is 0 Å². The molecule has 0 aliphatic rings. The molecule has 1 aromatic heterocycles. The lowest BCUT2D eigenvalue weighted by molar-refractivity contribution is 0.0596.